The number of hydrogen-bond acceptors (Lipinski definition) is 4. The Morgan fingerprint density at radius 3 is 2.67 bits per heavy atom. The molecule has 1 atom stereocenters. The third kappa shape index (κ3) is 5.42. The molecule has 1 fully saturated rings. The Bertz CT molecular complexity index is 190. The van der Waals surface area contributed by atoms with Crippen LogP contribution in [-0.4, -0.2) is 24.1 Å². The maximum Gasteiger partial charge on any atom is 0.308 e. The number of carbonyl (C=O) groups excluding carboxylic acids is 1. The van der Waals surface area contributed by atoms with E-state index in [1.807, 2.05) is 0 Å². The number of ether oxygens (including phenoxy) is 2. The molecule has 0 spiro atoms. The van der Waals surface area contributed by atoms with Crippen LogP contribution < -0.4 is 0 Å². The van der Waals surface area contributed by atoms with E-state index in [0.717, 1.165) is 12.8 Å². The van der Waals surface area contributed by atoms with Gasteiger partial charge in [-0.15, -0.1) is 0 Å². The number of hydrogen-bond donors (Lipinski definition) is 1. The standard InChI is InChI=1S/C11H20O3S/c1-9(14-11(12)7-8-15)13-10-5-3-2-4-6-10/h9-10,15H,2-8H2,1H3. The Labute approximate surface area is 96.9 Å². The van der Waals surface area contributed by atoms with Crippen LogP contribution in [0.5, 0.6) is 0 Å². The van der Waals surface area contributed by atoms with E-state index in [-0.39, 0.29) is 12.1 Å². The molecule has 0 heterocycles. The first-order valence-electron chi connectivity index (χ1n) is 5.68. The fourth-order valence-electron chi connectivity index (χ4n) is 1.84. The molecule has 88 valence electrons. The lowest BCUT2D eigenvalue weighted by Gasteiger charge is -2.25. The maximum atomic E-state index is 11.1. The van der Waals surface area contributed by atoms with E-state index in [1.165, 1.54) is 19.3 Å². The van der Waals surface area contributed by atoms with Gasteiger partial charge in [0, 0.05) is 5.75 Å². The van der Waals surface area contributed by atoms with Crippen molar-refractivity contribution in [1.29, 1.82) is 0 Å². The second-order valence-corrected chi connectivity index (χ2v) is 4.37. The first-order valence-corrected chi connectivity index (χ1v) is 6.31. The van der Waals surface area contributed by atoms with E-state index < -0.39 is 6.29 Å². The van der Waals surface area contributed by atoms with Gasteiger partial charge in [-0.1, -0.05) is 19.3 Å². The summed E-state index contributed by atoms with van der Waals surface area (Å²) in [5.41, 5.74) is 0. The summed E-state index contributed by atoms with van der Waals surface area (Å²) in [5, 5.41) is 0. The summed E-state index contributed by atoms with van der Waals surface area (Å²) in [6.45, 7) is 1.78. The number of carbonyl (C=O) groups is 1. The second kappa shape index (κ2) is 7.12. The van der Waals surface area contributed by atoms with E-state index in [2.05, 4.69) is 12.6 Å². The van der Waals surface area contributed by atoms with Crippen LogP contribution in [0.25, 0.3) is 0 Å². The van der Waals surface area contributed by atoms with E-state index >= 15 is 0 Å². The molecule has 1 aliphatic carbocycles. The molecule has 0 bridgehead atoms. The molecular weight excluding hydrogens is 212 g/mol. The van der Waals surface area contributed by atoms with Crippen molar-refractivity contribution in [1.82, 2.24) is 0 Å². The summed E-state index contributed by atoms with van der Waals surface area (Å²) >= 11 is 3.97. The Morgan fingerprint density at radius 2 is 2.07 bits per heavy atom. The van der Waals surface area contributed by atoms with Crippen molar-refractivity contribution in [2.75, 3.05) is 5.75 Å². The van der Waals surface area contributed by atoms with Crippen molar-refractivity contribution >= 4 is 18.6 Å². The first-order chi connectivity index (χ1) is 7.22. The fourth-order valence-corrected chi connectivity index (χ4v) is 2.02. The van der Waals surface area contributed by atoms with Crippen LogP contribution in [0.15, 0.2) is 0 Å². The number of thiol groups is 1. The predicted molar refractivity (Wildman–Crippen MR) is 62.0 cm³/mol. The van der Waals surface area contributed by atoms with Crippen LogP contribution in [0.4, 0.5) is 0 Å². The van der Waals surface area contributed by atoms with Crippen LogP contribution >= 0.6 is 12.6 Å². The predicted octanol–water partition coefficient (Wildman–Crippen LogP) is 2.54. The Kier molecular flexibility index (Phi) is 6.10. The minimum Gasteiger partial charge on any atom is -0.436 e. The van der Waals surface area contributed by atoms with Crippen LogP contribution in [-0.2, 0) is 14.3 Å². The van der Waals surface area contributed by atoms with Gasteiger partial charge >= 0.3 is 5.97 Å². The van der Waals surface area contributed by atoms with Crippen molar-refractivity contribution in [2.45, 2.75) is 57.8 Å². The Hall–Kier alpha value is -0.220. The third-order valence-corrected chi connectivity index (χ3v) is 2.77. The summed E-state index contributed by atoms with van der Waals surface area (Å²) in [6.07, 6.45) is 6.14. The van der Waals surface area contributed by atoms with Gasteiger partial charge in [-0.25, -0.2) is 0 Å². The van der Waals surface area contributed by atoms with E-state index in [0.29, 0.717) is 12.2 Å². The largest absolute Gasteiger partial charge is 0.436 e. The van der Waals surface area contributed by atoms with Crippen LogP contribution in [0, 0.1) is 0 Å². The molecule has 0 aliphatic heterocycles. The quantitative estimate of drug-likeness (QED) is 0.449. The summed E-state index contributed by atoms with van der Waals surface area (Å²) in [7, 11) is 0. The highest BCUT2D eigenvalue weighted by molar-refractivity contribution is 7.80. The minimum atomic E-state index is -0.416. The molecule has 1 saturated carbocycles. The Morgan fingerprint density at radius 1 is 1.40 bits per heavy atom. The van der Waals surface area contributed by atoms with Crippen molar-refractivity contribution < 1.29 is 14.3 Å². The molecule has 0 saturated heterocycles. The lowest BCUT2D eigenvalue weighted by Crippen LogP contribution is -2.26. The molecule has 3 nitrogen and oxygen atoms in total. The fraction of sp³-hybridized carbons (Fsp3) is 0.909. The van der Waals surface area contributed by atoms with Gasteiger partial charge in [0.25, 0.3) is 0 Å². The zero-order chi connectivity index (χ0) is 11.1. The molecule has 1 rings (SSSR count). The summed E-state index contributed by atoms with van der Waals surface area (Å²) in [5.74, 6) is 0.294. The molecule has 0 amide bonds. The SMILES string of the molecule is CC(OC(=O)CCS)OC1CCCCC1. The molecule has 0 aromatic rings. The van der Waals surface area contributed by atoms with Crippen LogP contribution in [0.2, 0.25) is 0 Å². The van der Waals surface area contributed by atoms with E-state index in [1.54, 1.807) is 6.92 Å². The lowest BCUT2D eigenvalue weighted by molar-refractivity contribution is -0.186. The third-order valence-electron chi connectivity index (χ3n) is 2.55. The van der Waals surface area contributed by atoms with Gasteiger partial charge < -0.3 is 9.47 Å². The number of esters is 1. The van der Waals surface area contributed by atoms with Gasteiger partial charge in [0.05, 0.1) is 12.5 Å². The molecule has 0 radical (unpaired) electrons. The van der Waals surface area contributed by atoms with Gasteiger partial charge in [0.2, 0.25) is 0 Å². The maximum absolute atomic E-state index is 11.1. The average molecular weight is 232 g/mol. The average Bonchev–Trinajstić information content (AvgIpc) is 2.19. The molecule has 4 heteroatoms. The molecule has 1 aliphatic rings. The number of rotatable bonds is 5. The Balaban J connectivity index is 2.16. The van der Waals surface area contributed by atoms with Crippen molar-refractivity contribution in [3.63, 3.8) is 0 Å². The van der Waals surface area contributed by atoms with Gasteiger partial charge in [0.15, 0.2) is 6.29 Å². The zero-order valence-electron chi connectivity index (χ0n) is 9.28. The summed E-state index contributed by atoms with van der Waals surface area (Å²) in [4.78, 5) is 11.1. The van der Waals surface area contributed by atoms with Crippen molar-refractivity contribution in [3.05, 3.63) is 0 Å². The van der Waals surface area contributed by atoms with Crippen LogP contribution in [0.3, 0.4) is 0 Å². The monoisotopic (exact) mass is 232 g/mol. The highest BCUT2D eigenvalue weighted by atomic mass is 32.1. The molecule has 0 aromatic carbocycles. The minimum absolute atomic E-state index is 0.228. The summed E-state index contributed by atoms with van der Waals surface area (Å²) in [6, 6.07) is 0. The molecule has 0 aromatic heterocycles. The molecule has 1 unspecified atom stereocenters. The van der Waals surface area contributed by atoms with Gasteiger partial charge in [-0.3, -0.25) is 4.79 Å². The lowest BCUT2D eigenvalue weighted by atomic mass is 9.98. The zero-order valence-corrected chi connectivity index (χ0v) is 10.2. The molecular formula is C11H20O3S. The smallest absolute Gasteiger partial charge is 0.308 e. The first kappa shape index (κ1) is 12.8. The van der Waals surface area contributed by atoms with Gasteiger partial charge in [-0.2, -0.15) is 12.6 Å². The molecule has 0 N–H and O–H groups in total. The summed E-state index contributed by atoms with van der Waals surface area (Å²) < 4.78 is 10.7. The van der Waals surface area contributed by atoms with Crippen molar-refractivity contribution in [3.8, 4) is 0 Å². The van der Waals surface area contributed by atoms with Crippen LogP contribution in [0.1, 0.15) is 45.4 Å². The van der Waals surface area contributed by atoms with Gasteiger partial charge in [-0.05, 0) is 19.8 Å². The highest BCUT2D eigenvalue weighted by Crippen LogP contribution is 2.21. The molecule has 15 heavy (non-hydrogen) atoms. The topological polar surface area (TPSA) is 35.5 Å². The second-order valence-electron chi connectivity index (χ2n) is 3.93. The van der Waals surface area contributed by atoms with E-state index in [4.69, 9.17) is 9.47 Å². The van der Waals surface area contributed by atoms with E-state index in [9.17, 15) is 4.79 Å². The van der Waals surface area contributed by atoms with Crippen molar-refractivity contribution in [2.24, 2.45) is 0 Å². The van der Waals surface area contributed by atoms with Gasteiger partial charge in [0.1, 0.15) is 0 Å². The highest BCUT2D eigenvalue weighted by Gasteiger charge is 2.18. The normalized spacial score (nSPS) is 19.9.